The molecule has 0 spiro atoms. The molecule has 101 heavy (non-hydrogen) atoms. The van der Waals surface area contributed by atoms with Gasteiger partial charge in [-0.2, -0.15) is 0 Å². The first kappa shape index (κ1) is 76.3. The van der Waals surface area contributed by atoms with E-state index in [2.05, 4.69) is 31.6 Å². The van der Waals surface area contributed by atoms with Crippen LogP contribution in [0.4, 0.5) is 36.2 Å². The number of rotatable bonds is 37. The highest BCUT2D eigenvalue weighted by molar-refractivity contribution is 6.19. The molecule has 0 aliphatic carbocycles. The Kier molecular flexibility index (Phi) is 28.5. The highest BCUT2D eigenvalue weighted by Gasteiger charge is 2.38. The Morgan fingerprint density at radius 1 is 0.752 bits per heavy atom. The van der Waals surface area contributed by atoms with Gasteiger partial charge in [-0.25, -0.2) is 24.2 Å². The van der Waals surface area contributed by atoms with Crippen molar-refractivity contribution in [2.75, 3.05) is 134 Å². The lowest BCUT2D eigenvalue weighted by molar-refractivity contribution is -0.137. The minimum atomic E-state index is -1.15. The second-order valence-electron chi connectivity index (χ2n) is 23.7. The fourth-order valence-electron chi connectivity index (χ4n) is 10.8. The number of anilines is 3. The third kappa shape index (κ3) is 21.8. The Labute approximate surface area is 586 Å². The SMILES string of the molecule is Cc1cccc2c(OC(=O)N(CCOCCO)CCN(C)C(=O)OCc3ccc(NC(=O)[C@H](CCCNC(N)=O)NC(=O)[C@@H](NC(=O)OCCOCCOCCOCCN4C(=O)C=CC4=O)C(C)C)cc3)cc3c(c12)[C@H](CCl)CN3C(=O)c1cn2cc(NC(=O)c3ccc(O)cc3)ccc2n1. The number of ether oxygens (including phenoxy) is 7. The Bertz CT molecular complexity index is 3930. The first-order valence-corrected chi connectivity index (χ1v) is 33.2. The average molecular weight is 1420 g/mol. The Hall–Kier alpha value is -10.4. The number of urea groups is 1. The van der Waals surface area contributed by atoms with Gasteiger partial charge < -0.3 is 94.8 Å². The minimum absolute atomic E-state index is 0.000376. The number of aryl methyl sites for hydroxylation is 1. The van der Waals surface area contributed by atoms with Gasteiger partial charge >= 0.3 is 24.3 Å². The molecule has 6 aromatic rings. The minimum Gasteiger partial charge on any atom is -0.508 e. The zero-order chi connectivity index (χ0) is 72.5. The van der Waals surface area contributed by atoms with Crippen molar-refractivity contribution < 1.29 is 91.3 Å². The number of nitrogens with two attached hydrogens (primary N) is 1. The van der Waals surface area contributed by atoms with E-state index >= 15 is 0 Å². The topological polar surface area (TPSA) is 392 Å². The van der Waals surface area contributed by atoms with E-state index in [0.717, 1.165) is 21.4 Å². The van der Waals surface area contributed by atoms with Crippen LogP contribution in [-0.2, 0) is 54.2 Å². The predicted molar refractivity (Wildman–Crippen MR) is 369 cm³/mol. The number of phenols is 1. The number of aromatic nitrogens is 2. The molecule has 0 radical (unpaired) electrons. The van der Waals surface area contributed by atoms with Crippen LogP contribution in [0.3, 0.4) is 0 Å². The molecular weight excluding hydrogens is 1340 g/mol. The molecule has 0 fully saturated rings. The van der Waals surface area contributed by atoms with Gasteiger partial charge in [-0.05, 0) is 96.3 Å². The van der Waals surface area contributed by atoms with Crippen molar-refractivity contribution in [3.05, 3.63) is 137 Å². The van der Waals surface area contributed by atoms with Crippen LogP contribution in [0, 0.1) is 12.8 Å². The molecule has 0 unspecified atom stereocenters. The van der Waals surface area contributed by atoms with Crippen molar-refractivity contribution >= 4 is 105 Å². The molecule has 4 heterocycles. The number of fused-ring (bicyclic) bond motifs is 4. The van der Waals surface area contributed by atoms with Gasteiger partial charge in [0.15, 0.2) is 0 Å². The molecule has 8 rings (SSSR count). The summed E-state index contributed by atoms with van der Waals surface area (Å²) >= 11 is 6.65. The largest absolute Gasteiger partial charge is 0.508 e. The fraction of sp³-hybridized carbons (Fsp3) is 0.406. The maximum atomic E-state index is 14.6. The van der Waals surface area contributed by atoms with E-state index in [1.54, 1.807) is 78.0 Å². The van der Waals surface area contributed by atoms with E-state index in [1.165, 1.54) is 53.3 Å². The van der Waals surface area contributed by atoms with Gasteiger partial charge in [0.1, 0.15) is 48.1 Å². The van der Waals surface area contributed by atoms with Gasteiger partial charge in [0, 0.05) is 98.8 Å². The number of pyridine rings is 1. The molecule has 2 aliphatic heterocycles. The number of nitrogens with zero attached hydrogens (tertiary/aromatic N) is 6. The maximum Gasteiger partial charge on any atom is 0.415 e. The number of carbonyl (C=O) groups excluding carboxylic acids is 10. The van der Waals surface area contributed by atoms with Crippen LogP contribution >= 0.6 is 11.6 Å². The quantitative estimate of drug-likeness (QED) is 0.0137. The van der Waals surface area contributed by atoms with Crippen LogP contribution in [0.5, 0.6) is 11.5 Å². The number of imide groups is 1. The number of phenolic OH excluding ortho intramolecular Hbond substituents is 1. The lowest BCUT2D eigenvalue weighted by Gasteiger charge is -2.26. The summed E-state index contributed by atoms with van der Waals surface area (Å²) in [6.45, 7) is 6.04. The number of aliphatic hydroxyl groups is 1. The number of carbonyl (C=O) groups is 10. The highest BCUT2D eigenvalue weighted by Crippen LogP contribution is 2.47. The Balaban J connectivity index is 0.826. The van der Waals surface area contributed by atoms with Crippen molar-refractivity contribution in [3.63, 3.8) is 0 Å². The molecule has 31 nitrogen and oxygen atoms in total. The number of primary amides is 1. The van der Waals surface area contributed by atoms with Crippen molar-refractivity contribution in [2.24, 2.45) is 11.7 Å². The number of alkyl carbamates (subject to hydrolysis) is 1. The molecule has 540 valence electrons. The van der Waals surface area contributed by atoms with E-state index < -0.39 is 65.9 Å². The number of aliphatic hydroxyl groups excluding tert-OH is 1. The van der Waals surface area contributed by atoms with Gasteiger partial charge in [0.2, 0.25) is 11.8 Å². The number of hydrogen-bond donors (Lipinski definition) is 8. The second kappa shape index (κ2) is 37.7. The Morgan fingerprint density at radius 3 is 2.12 bits per heavy atom. The highest BCUT2D eigenvalue weighted by atomic mass is 35.5. The first-order valence-electron chi connectivity index (χ1n) is 32.6. The van der Waals surface area contributed by atoms with E-state index in [9.17, 15) is 58.2 Å². The predicted octanol–water partition coefficient (Wildman–Crippen LogP) is 5.41. The monoisotopic (exact) mass is 1420 g/mol. The van der Waals surface area contributed by atoms with E-state index in [1.807, 2.05) is 25.1 Å². The summed E-state index contributed by atoms with van der Waals surface area (Å²) in [6, 6.07) is 19.6. The van der Waals surface area contributed by atoms with E-state index in [-0.39, 0.29) is 166 Å². The van der Waals surface area contributed by atoms with Gasteiger partial charge in [0.05, 0.1) is 77.4 Å². The van der Waals surface area contributed by atoms with Gasteiger partial charge in [-0.1, -0.05) is 44.2 Å². The summed E-state index contributed by atoms with van der Waals surface area (Å²) in [5.74, 6) is -3.40. The lowest BCUT2D eigenvalue weighted by atomic mass is 9.92. The van der Waals surface area contributed by atoms with Crippen LogP contribution in [0.15, 0.2) is 109 Å². The van der Waals surface area contributed by atoms with Crippen LogP contribution in [0.1, 0.15) is 70.1 Å². The van der Waals surface area contributed by atoms with Crippen molar-refractivity contribution in [1.82, 2.24) is 40.0 Å². The van der Waals surface area contributed by atoms with Gasteiger partial charge in [-0.15, -0.1) is 11.6 Å². The number of amides is 11. The number of aromatic hydroxyl groups is 1. The number of benzene rings is 4. The summed E-state index contributed by atoms with van der Waals surface area (Å²) in [5.41, 5.74) is 9.46. The molecule has 11 amide bonds. The third-order valence-corrected chi connectivity index (χ3v) is 16.5. The molecule has 0 bridgehead atoms. The molecular formula is C69H83ClN12O19. The molecule has 32 heteroatoms. The van der Waals surface area contributed by atoms with Crippen molar-refractivity contribution in [3.8, 4) is 11.5 Å². The van der Waals surface area contributed by atoms with E-state index in [0.29, 0.717) is 39.2 Å². The molecule has 9 N–H and O–H groups in total. The Morgan fingerprint density at radius 2 is 1.44 bits per heavy atom. The number of alkyl halides is 1. The molecule has 2 aromatic heterocycles. The number of likely N-dealkylation sites (N-methyl/N-ethyl adjacent to an activating group) is 1. The molecule has 2 aliphatic rings. The van der Waals surface area contributed by atoms with E-state index in [4.69, 9.17) is 50.5 Å². The van der Waals surface area contributed by atoms with Crippen LogP contribution in [0.25, 0.3) is 16.4 Å². The maximum absolute atomic E-state index is 14.6. The molecule has 0 saturated carbocycles. The number of nitrogens with one attached hydrogen (secondary N) is 5. The van der Waals surface area contributed by atoms with Crippen LogP contribution < -0.4 is 42.0 Å². The smallest absolute Gasteiger partial charge is 0.415 e. The zero-order valence-electron chi connectivity index (χ0n) is 56.3. The fourth-order valence-corrected chi connectivity index (χ4v) is 11.1. The van der Waals surface area contributed by atoms with Crippen LogP contribution in [0.2, 0.25) is 0 Å². The lowest BCUT2D eigenvalue weighted by Crippen LogP contribution is -2.54. The number of imidazole rings is 1. The zero-order valence-corrected chi connectivity index (χ0v) is 57.1. The second-order valence-corrected chi connectivity index (χ2v) is 24.0. The molecule has 3 atom stereocenters. The molecule has 4 aromatic carbocycles. The number of hydrogen-bond acceptors (Lipinski definition) is 20. The summed E-state index contributed by atoms with van der Waals surface area (Å²) in [7, 11) is 1.49. The van der Waals surface area contributed by atoms with Gasteiger partial charge in [-0.3, -0.25) is 33.7 Å². The summed E-state index contributed by atoms with van der Waals surface area (Å²) in [5, 5.41) is 33.7. The van der Waals surface area contributed by atoms with Crippen LogP contribution in [-0.4, -0.2) is 224 Å². The van der Waals surface area contributed by atoms with Crippen molar-refractivity contribution in [2.45, 2.75) is 58.2 Å². The average Bonchev–Trinajstić information content (AvgIpc) is 1.62. The summed E-state index contributed by atoms with van der Waals surface area (Å²) in [4.78, 5) is 140. The first-order chi connectivity index (χ1) is 48.6. The van der Waals surface area contributed by atoms with Gasteiger partial charge in [0.25, 0.3) is 23.6 Å². The third-order valence-electron chi connectivity index (χ3n) is 16.1. The summed E-state index contributed by atoms with van der Waals surface area (Å²) < 4.78 is 40.5. The standard InChI is InChI=1S/C69H83ClN12O19/c1-43(2)61(77-67(92)99-36-35-98-34-33-97-32-31-96-29-26-81-57(85)20-21-58(81)86)64(89)76-52(9-6-22-72-66(71)91)63(88)73-48-14-10-45(11-15-48)42-100-68(93)78(4)23-24-79(25-28-95-30-27-83)69(94)101-55-37-54-60(59-44(3)7-5-8-51(55)59)47(38-70)39-82(54)65(90)53-41-80-40-49(16-19-56(80)75-53)74-62(87)46-12-17-50(84)18-13-46/h5,7-8,10-21,37,40-41,43,47,52,61,83-84H,6,9,22-36,38-39,42H2,1-4H3,(H,73,88)(H,74,87)(H,76,89)(H,77,92)(H3,71,72,91)/t47-,52+,61+/m1/s1. The summed E-state index contributed by atoms with van der Waals surface area (Å²) in [6.07, 6.45) is 3.41. The van der Waals surface area contributed by atoms with Crippen molar-refractivity contribution in [1.29, 1.82) is 0 Å². The molecule has 0 saturated heterocycles. The number of halogens is 1. The normalized spacial score (nSPS) is 13.8.